The van der Waals surface area contributed by atoms with Crippen LogP contribution in [0.2, 0.25) is 0 Å². The number of sulfonamides is 1. The van der Waals surface area contributed by atoms with Gasteiger partial charge in [-0.2, -0.15) is 4.31 Å². The van der Waals surface area contributed by atoms with E-state index in [1.807, 2.05) is 30.3 Å². The number of pyridine rings is 1. The van der Waals surface area contributed by atoms with E-state index in [1.54, 1.807) is 32.3 Å². The van der Waals surface area contributed by atoms with E-state index in [0.717, 1.165) is 30.1 Å². The van der Waals surface area contributed by atoms with Gasteiger partial charge < -0.3 is 15.0 Å². The first-order valence-electron chi connectivity index (χ1n) is 11.1. The lowest BCUT2D eigenvalue weighted by Gasteiger charge is -2.29. The van der Waals surface area contributed by atoms with Crippen molar-refractivity contribution in [3.8, 4) is 0 Å². The maximum Gasteiger partial charge on any atom is 0.327 e. The molecule has 0 unspecified atom stereocenters. The second-order valence-electron chi connectivity index (χ2n) is 8.09. The molecule has 0 aliphatic carbocycles. The molecule has 0 radical (unpaired) electrons. The highest BCUT2D eigenvalue weighted by atomic mass is 32.2. The molecule has 1 aromatic carbocycles. The largest absolute Gasteiger partial charge is 0.378 e. The summed E-state index contributed by atoms with van der Waals surface area (Å²) < 4.78 is 33.0. The van der Waals surface area contributed by atoms with E-state index in [2.05, 4.69) is 20.2 Å². The molecule has 2 aromatic heterocycles. The number of thiazole rings is 1. The van der Waals surface area contributed by atoms with Crippen LogP contribution in [0.5, 0.6) is 0 Å². The quantitative estimate of drug-likeness (QED) is 0.514. The number of carbonyl (C=O) groups excluding carboxylic acids is 1. The number of morpholine rings is 1. The SMILES string of the molecule is Cc1nc(N(C)C(=O)Nc2ccc(N3CCOCC3)cc2)sc1S(=O)(=O)N(C)Cc1ccccn1. The van der Waals surface area contributed by atoms with Gasteiger partial charge >= 0.3 is 6.03 Å². The average Bonchev–Trinajstić information content (AvgIpc) is 3.27. The molecule has 10 nitrogen and oxygen atoms in total. The first-order chi connectivity index (χ1) is 16.8. The molecule has 4 rings (SSSR count). The number of ether oxygens (including phenoxy) is 1. The molecule has 1 fully saturated rings. The molecule has 0 bridgehead atoms. The van der Waals surface area contributed by atoms with E-state index >= 15 is 0 Å². The van der Waals surface area contributed by atoms with E-state index in [9.17, 15) is 13.2 Å². The van der Waals surface area contributed by atoms with Gasteiger partial charge in [-0.25, -0.2) is 18.2 Å². The molecule has 186 valence electrons. The number of urea groups is 1. The number of carbonyl (C=O) groups is 1. The van der Waals surface area contributed by atoms with Crippen molar-refractivity contribution >= 4 is 43.9 Å². The van der Waals surface area contributed by atoms with E-state index in [4.69, 9.17) is 4.74 Å². The summed E-state index contributed by atoms with van der Waals surface area (Å²) in [5.74, 6) is 0. The Kier molecular flexibility index (Phi) is 7.65. The third-order valence-corrected chi connectivity index (χ3v) is 9.21. The first-order valence-corrected chi connectivity index (χ1v) is 13.3. The van der Waals surface area contributed by atoms with E-state index in [0.29, 0.717) is 30.3 Å². The Morgan fingerprint density at radius 3 is 2.51 bits per heavy atom. The zero-order chi connectivity index (χ0) is 25.0. The highest BCUT2D eigenvalue weighted by Gasteiger charge is 2.29. The third kappa shape index (κ3) is 5.78. The lowest BCUT2D eigenvalue weighted by molar-refractivity contribution is 0.122. The molecule has 1 N–H and O–H groups in total. The minimum Gasteiger partial charge on any atom is -0.378 e. The van der Waals surface area contributed by atoms with Crippen LogP contribution in [-0.4, -0.2) is 69.1 Å². The Balaban J connectivity index is 1.43. The molecule has 1 saturated heterocycles. The molecule has 3 aromatic rings. The Bertz CT molecular complexity index is 1260. The summed E-state index contributed by atoms with van der Waals surface area (Å²) in [5, 5.41) is 3.12. The zero-order valence-electron chi connectivity index (χ0n) is 19.8. The van der Waals surface area contributed by atoms with Crippen LogP contribution in [0, 0.1) is 6.92 Å². The highest BCUT2D eigenvalue weighted by molar-refractivity contribution is 7.91. The number of nitrogens with one attached hydrogen (secondary N) is 1. The number of hydrogen-bond acceptors (Lipinski definition) is 8. The van der Waals surface area contributed by atoms with Gasteiger partial charge in [0.1, 0.15) is 0 Å². The number of hydrogen-bond donors (Lipinski definition) is 1. The van der Waals surface area contributed by atoms with Crippen molar-refractivity contribution in [3.63, 3.8) is 0 Å². The summed E-state index contributed by atoms with van der Waals surface area (Å²) in [6.45, 7) is 4.82. The van der Waals surface area contributed by atoms with Crippen LogP contribution in [0.4, 0.5) is 21.3 Å². The summed E-state index contributed by atoms with van der Waals surface area (Å²) in [5.41, 5.74) is 2.68. The van der Waals surface area contributed by atoms with Gasteiger partial charge in [0, 0.05) is 44.8 Å². The minimum atomic E-state index is -3.80. The van der Waals surface area contributed by atoms with Crippen LogP contribution in [-0.2, 0) is 21.3 Å². The zero-order valence-corrected chi connectivity index (χ0v) is 21.5. The van der Waals surface area contributed by atoms with Crippen molar-refractivity contribution in [2.75, 3.05) is 55.5 Å². The number of aromatic nitrogens is 2. The lowest BCUT2D eigenvalue weighted by atomic mass is 10.2. The Morgan fingerprint density at radius 1 is 1.14 bits per heavy atom. The fourth-order valence-corrected chi connectivity index (χ4v) is 6.36. The molecular weight excluding hydrogens is 488 g/mol. The standard InChI is InChI=1S/C23H28N6O4S2/c1-17-21(35(31,32)27(2)16-19-6-4-5-11-24-19)34-23(25-17)28(3)22(30)26-18-7-9-20(10-8-18)29-12-14-33-15-13-29/h4-11H,12-16H2,1-3H3,(H,26,30). The van der Waals surface area contributed by atoms with Crippen LogP contribution >= 0.6 is 11.3 Å². The number of benzene rings is 1. The summed E-state index contributed by atoms with van der Waals surface area (Å²) in [6.07, 6.45) is 1.62. The van der Waals surface area contributed by atoms with Gasteiger partial charge in [0.05, 0.1) is 31.1 Å². The maximum atomic E-state index is 13.2. The Labute approximate surface area is 209 Å². The fourth-order valence-electron chi connectivity index (χ4n) is 3.57. The van der Waals surface area contributed by atoms with Gasteiger partial charge in [0.25, 0.3) is 10.0 Å². The molecule has 1 aliphatic heterocycles. The molecule has 35 heavy (non-hydrogen) atoms. The summed E-state index contributed by atoms with van der Waals surface area (Å²) in [7, 11) is -0.744. The first kappa shape index (κ1) is 25.0. The van der Waals surface area contributed by atoms with Crippen molar-refractivity contribution in [2.45, 2.75) is 17.7 Å². The van der Waals surface area contributed by atoms with Crippen LogP contribution in [0.3, 0.4) is 0 Å². The van der Waals surface area contributed by atoms with Crippen molar-refractivity contribution in [3.05, 3.63) is 60.0 Å². The number of amides is 2. The van der Waals surface area contributed by atoms with Gasteiger partial charge in [-0.15, -0.1) is 0 Å². The van der Waals surface area contributed by atoms with Gasteiger partial charge in [0.15, 0.2) is 9.34 Å². The Morgan fingerprint density at radius 2 is 1.86 bits per heavy atom. The molecule has 1 aliphatic rings. The molecule has 12 heteroatoms. The molecule has 0 atom stereocenters. The monoisotopic (exact) mass is 516 g/mol. The van der Waals surface area contributed by atoms with Gasteiger partial charge in [-0.1, -0.05) is 17.4 Å². The van der Waals surface area contributed by atoms with Crippen LogP contribution in [0.15, 0.2) is 52.9 Å². The molecule has 3 heterocycles. The second kappa shape index (κ2) is 10.7. The minimum absolute atomic E-state index is 0.0976. The summed E-state index contributed by atoms with van der Waals surface area (Å²) >= 11 is 0.959. The van der Waals surface area contributed by atoms with Crippen LogP contribution in [0.1, 0.15) is 11.4 Å². The number of anilines is 3. The van der Waals surface area contributed by atoms with Crippen molar-refractivity contribution in [1.82, 2.24) is 14.3 Å². The van der Waals surface area contributed by atoms with E-state index in [1.165, 1.54) is 16.3 Å². The second-order valence-corrected chi connectivity index (χ2v) is 11.3. The highest BCUT2D eigenvalue weighted by Crippen LogP contribution is 2.32. The molecule has 2 amide bonds. The van der Waals surface area contributed by atoms with Gasteiger partial charge in [-0.05, 0) is 43.3 Å². The summed E-state index contributed by atoms with van der Waals surface area (Å²) in [4.78, 5) is 24.9. The topological polar surface area (TPSA) is 108 Å². The molecule has 0 spiro atoms. The van der Waals surface area contributed by atoms with Gasteiger partial charge in [-0.3, -0.25) is 9.88 Å². The molecule has 0 saturated carbocycles. The predicted octanol–water partition coefficient (Wildman–Crippen LogP) is 3.17. The van der Waals surface area contributed by atoms with Crippen LogP contribution < -0.4 is 15.1 Å². The van der Waals surface area contributed by atoms with Gasteiger partial charge in [0.2, 0.25) is 0 Å². The number of nitrogens with zero attached hydrogens (tertiary/aromatic N) is 5. The van der Waals surface area contributed by atoms with Crippen molar-refractivity contribution < 1.29 is 17.9 Å². The number of rotatable bonds is 7. The maximum absolute atomic E-state index is 13.2. The smallest absolute Gasteiger partial charge is 0.327 e. The normalized spacial score (nSPS) is 14.2. The van der Waals surface area contributed by atoms with E-state index in [-0.39, 0.29) is 15.9 Å². The van der Waals surface area contributed by atoms with Crippen molar-refractivity contribution in [2.24, 2.45) is 0 Å². The predicted molar refractivity (Wildman–Crippen MR) is 137 cm³/mol. The summed E-state index contributed by atoms with van der Waals surface area (Å²) in [6, 6.07) is 12.5. The fraction of sp³-hybridized carbons (Fsp3) is 0.348. The lowest BCUT2D eigenvalue weighted by Crippen LogP contribution is -2.36. The van der Waals surface area contributed by atoms with Crippen LogP contribution in [0.25, 0.3) is 0 Å². The third-order valence-electron chi connectivity index (χ3n) is 5.58. The van der Waals surface area contributed by atoms with Crippen molar-refractivity contribution in [1.29, 1.82) is 0 Å². The van der Waals surface area contributed by atoms with E-state index < -0.39 is 16.1 Å². The molecular formula is C23H28N6O4S2. The average molecular weight is 517 g/mol. The number of aryl methyl sites for hydroxylation is 1. The Hall–Kier alpha value is -3.06.